The highest BCUT2D eigenvalue weighted by Gasteiger charge is 2.20. The van der Waals surface area contributed by atoms with Gasteiger partial charge in [-0.05, 0) is 25.1 Å². The Morgan fingerprint density at radius 3 is 2.71 bits per heavy atom. The van der Waals surface area contributed by atoms with Crippen LogP contribution in [0, 0.1) is 6.92 Å². The largest absolute Gasteiger partial charge is 0.497 e. The van der Waals surface area contributed by atoms with Gasteiger partial charge < -0.3 is 24.3 Å². The zero-order valence-electron chi connectivity index (χ0n) is 17.0. The van der Waals surface area contributed by atoms with Gasteiger partial charge in [-0.15, -0.1) is 0 Å². The number of thiazole rings is 1. The third-order valence-electron chi connectivity index (χ3n) is 4.78. The Bertz CT molecular complexity index is 1270. The van der Waals surface area contributed by atoms with E-state index in [4.69, 9.17) is 18.9 Å². The van der Waals surface area contributed by atoms with E-state index in [0.717, 1.165) is 15.9 Å². The number of methoxy groups -OCH3 is 2. The molecule has 0 radical (unpaired) electrons. The minimum Gasteiger partial charge on any atom is -0.497 e. The van der Waals surface area contributed by atoms with Crippen LogP contribution < -0.4 is 24.3 Å². The zero-order chi connectivity index (χ0) is 21.5. The average Bonchev–Trinajstić information content (AvgIpc) is 3.48. The predicted octanol–water partition coefficient (Wildman–Crippen LogP) is 3.79. The summed E-state index contributed by atoms with van der Waals surface area (Å²) in [5.41, 5.74) is 1.85. The zero-order valence-corrected chi connectivity index (χ0v) is 17.8. The molecule has 1 aliphatic heterocycles. The van der Waals surface area contributed by atoms with E-state index in [2.05, 4.69) is 15.4 Å². The lowest BCUT2D eigenvalue weighted by Crippen LogP contribution is -2.16. The molecule has 3 heterocycles. The van der Waals surface area contributed by atoms with E-state index in [1.54, 1.807) is 36.1 Å². The predicted molar refractivity (Wildman–Crippen MR) is 115 cm³/mol. The molecule has 1 N–H and O–H groups in total. The minimum atomic E-state index is -0.348. The lowest BCUT2D eigenvalue weighted by molar-refractivity contribution is 0.102. The number of benzene rings is 2. The average molecular weight is 438 g/mol. The second-order valence-corrected chi connectivity index (χ2v) is 7.78. The highest BCUT2D eigenvalue weighted by atomic mass is 32.1. The van der Waals surface area contributed by atoms with Gasteiger partial charge in [-0.25, -0.2) is 4.98 Å². The van der Waals surface area contributed by atoms with Gasteiger partial charge >= 0.3 is 0 Å². The fraction of sp³-hybridized carbons (Fsp3) is 0.190. The van der Waals surface area contributed by atoms with Crippen molar-refractivity contribution in [1.29, 1.82) is 0 Å². The van der Waals surface area contributed by atoms with Crippen LogP contribution in [0.25, 0.3) is 15.3 Å². The van der Waals surface area contributed by atoms with Gasteiger partial charge in [-0.1, -0.05) is 11.3 Å². The molecule has 4 aromatic rings. The molecule has 0 saturated carbocycles. The first-order valence-corrected chi connectivity index (χ1v) is 10.2. The normalized spacial score (nSPS) is 12.2. The number of carbonyl (C=O) groups is 1. The van der Waals surface area contributed by atoms with Crippen molar-refractivity contribution in [2.45, 2.75) is 6.92 Å². The van der Waals surface area contributed by atoms with Gasteiger partial charge in [-0.2, -0.15) is 9.78 Å². The fourth-order valence-electron chi connectivity index (χ4n) is 3.31. The van der Waals surface area contributed by atoms with Crippen LogP contribution in [0.15, 0.2) is 36.4 Å². The van der Waals surface area contributed by atoms with Crippen molar-refractivity contribution in [3.05, 3.63) is 47.7 Å². The van der Waals surface area contributed by atoms with E-state index in [1.165, 1.54) is 18.4 Å². The Kier molecular flexibility index (Phi) is 4.63. The third kappa shape index (κ3) is 3.40. The summed E-state index contributed by atoms with van der Waals surface area (Å²) in [7, 11) is 3.06. The molecule has 0 fully saturated rings. The molecular formula is C21H18N4O5S. The Morgan fingerprint density at radius 2 is 1.94 bits per heavy atom. The molecule has 1 amide bonds. The quantitative estimate of drug-likeness (QED) is 0.506. The van der Waals surface area contributed by atoms with Gasteiger partial charge in [0.2, 0.25) is 11.9 Å². The lowest BCUT2D eigenvalue weighted by atomic mass is 10.1. The number of ether oxygens (including phenoxy) is 4. The van der Waals surface area contributed by atoms with Crippen molar-refractivity contribution in [3.63, 3.8) is 0 Å². The van der Waals surface area contributed by atoms with Crippen LogP contribution in [0.1, 0.15) is 16.1 Å². The monoisotopic (exact) mass is 438 g/mol. The molecule has 9 nitrogen and oxygen atoms in total. The van der Waals surface area contributed by atoms with E-state index in [-0.39, 0.29) is 12.7 Å². The molecule has 2 aromatic carbocycles. The highest BCUT2D eigenvalue weighted by molar-refractivity contribution is 7.20. The number of fused-ring (bicyclic) bond motifs is 2. The van der Waals surface area contributed by atoms with Crippen LogP contribution in [0.2, 0.25) is 0 Å². The van der Waals surface area contributed by atoms with Crippen molar-refractivity contribution < 1.29 is 23.7 Å². The first kappa shape index (κ1) is 19.2. The molecule has 10 heteroatoms. The summed E-state index contributed by atoms with van der Waals surface area (Å²) in [6, 6.07) is 10.6. The maximum absolute atomic E-state index is 13.0. The number of nitrogens with one attached hydrogen (secondary N) is 1. The van der Waals surface area contributed by atoms with Crippen molar-refractivity contribution >= 4 is 33.3 Å². The van der Waals surface area contributed by atoms with Gasteiger partial charge in [0.25, 0.3) is 5.91 Å². The Hall–Kier alpha value is -3.79. The van der Waals surface area contributed by atoms with Crippen molar-refractivity contribution in [2.24, 2.45) is 0 Å². The number of nitrogens with zero attached hydrogens (tertiary/aromatic N) is 3. The number of hydrogen-bond donors (Lipinski definition) is 1. The lowest BCUT2D eigenvalue weighted by Gasteiger charge is -2.11. The van der Waals surface area contributed by atoms with Crippen molar-refractivity contribution in [1.82, 2.24) is 14.8 Å². The molecule has 0 aliphatic carbocycles. The third-order valence-corrected chi connectivity index (χ3v) is 5.77. The summed E-state index contributed by atoms with van der Waals surface area (Å²) >= 11 is 1.44. The molecule has 158 valence electrons. The van der Waals surface area contributed by atoms with Crippen LogP contribution >= 0.6 is 11.3 Å². The van der Waals surface area contributed by atoms with Crippen LogP contribution in [-0.2, 0) is 0 Å². The molecule has 1 aliphatic rings. The number of aryl methyl sites for hydroxylation is 1. The second-order valence-electron chi connectivity index (χ2n) is 6.77. The number of aromatic nitrogens is 3. The van der Waals surface area contributed by atoms with Gasteiger partial charge in [0, 0.05) is 18.2 Å². The number of rotatable bonds is 5. The Morgan fingerprint density at radius 1 is 1.13 bits per heavy atom. The number of anilines is 1. The Labute approximate surface area is 181 Å². The molecule has 0 unspecified atom stereocenters. The summed E-state index contributed by atoms with van der Waals surface area (Å²) in [6.07, 6.45) is 0. The standard InChI is InChI=1S/C21H18N4O5S/c1-11-6-19(23-20(26)13-7-12(27-2)4-5-15(13)28-3)25(24-11)21-22-14-8-16-17(30-10-29-16)9-18(14)31-21/h4-9H,10H2,1-3H3,(H,23,26). The minimum absolute atomic E-state index is 0.210. The van der Waals surface area contributed by atoms with E-state index in [1.807, 2.05) is 19.1 Å². The molecule has 31 heavy (non-hydrogen) atoms. The molecule has 0 atom stereocenters. The van der Waals surface area contributed by atoms with E-state index >= 15 is 0 Å². The van der Waals surface area contributed by atoms with E-state index < -0.39 is 0 Å². The van der Waals surface area contributed by atoms with Gasteiger partial charge in [0.05, 0.1) is 35.7 Å². The first-order chi connectivity index (χ1) is 15.1. The van der Waals surface area contributed by atoms with Crippen LogP contribution in [0.3, 0.4) is 0 Å². The topological polar surface area (TPSA) is 96.7 Å². The maximum atomic E-state index is 13.0. The second kappa shape index (κ2) is 7.47. The maximum Gasteiger partial charge on any atom is 0.260 e. The molecular weight excluding hydrogens is 420 g/mol. The number of amides is 1. The van der Waals surface area contributed by atoms with Crippen LogP contribution in [0.4, 0.5) is 5.82 Å². The van der Waals surface area contributed by atoms with Crippen LogP contribution in [0.5, 0.6) is 23.0 Å². The first-order valence-electron chi connectivity index (χ1n) is 9.36. The van der Waals surface area contributed by atoms with Crippen molar-refractivity contribution in [3.8, 4) is 28.1 Å². The SMILES string of the molecule is COc1ccc(OC)c(C(=O)Nc2cc(C)nn2-c2nc3cc4c(cc3s2)OCO4)c1. The Balaban J connectivity index is 1.50. The highest BCUT2D eigenvalue weighted by Crippen LogP contribution is 2.39. The van der Waals surface area contributed by atoms with Crippen LogP contribution in [-0.4, -0.2) is 41.7 Å². The summed E-state index contributed by atoms with van der Waals surface area (Å²) in [4.78, 5) is 17.7. The fourth-order valence-corrected chi connectivity index (χ4v) is 4.25. The summed E-state index contributed by atoms with van der Waals surface area (Å²) < 4.78 is 24.0. The smallest absolute Gasteiger partial charge is 0.260 e. The van der Waals surface area contributed by atoms with Gasteiger partial charge in [0.15, 0.2) is 11.5 Å². The van der Waals surface area contributed by atoms with Gasteiger partial charge in [0.1, 0.15) is 17.3 Å². The van der Waals surface area contributed by atoms with Gasteiger partial charge in [-0.3, -0.25) is 4.79 Å². The molecule has 0 saturated heterocycles. The molecule has 0 spiro atoms. The molecule has 0 bridgehead atoms. The molecule has 2 aromatic heterocycles. The molecule has 5 rings (SSSR count). The van der Waals surface area contributed by atoms with E-state index in [0.29, 0.717) is 39.5 Å². The summed E-state index contributed by atoms with van der Waals surface area (Å²) in [5, 5.41) is 8.03. The number of carbonyl (C=O) groups excluding carboxylic acids is 1. The number of hydrogen-bond acceptors (Lipinski definition) is 8. The summed E-state index contributed by atoms with van der Waals surface area (Å²) in [6.45, 7) is 2.06. The summed E-state index contributed by atoms with van der Waals surface area (Å²) in [5.74, 6) is 2.50. The van der Waals surface area contributed by atoms with Crippen molar-refractivity contribution in [2.75, 3.05) is 26.3 Å². The van der Waals surface area contributed by atoms with E-state index in [9.17, 15) is 4.79 Å².